The van der Waals surface area contributed by atoms with Crippen LogP contribution in [0.25, 0.3) is 11.9 Å². The second kappa shape index (κ2) is 7.92. The van der Waals surface area contributed by atoms with Crippen LogP contribution < -0.4 is 10.2 Å². The molecule has 7 heteroatoms. The zero-order chi connectivity index (χ0) is 22.3. The van der Waals surface area contributed by atoms with Crippen LogP contribution in [0.3, 0.4) is 0 Å². The van der Waals surface area contributed by atoms with Crippen LogP contribution >= 0.6 is 12.2 Å². The third-order valence-corrected chi connectivity index (χ3v) is 5.50. The Kier molecular flexibility index (Phi) is 5.29. The number of aromatic nitrogens is 2. The van der Waals surface area contributed by atoms with E-state index in [-0.39, 0.29) is 10.7 Å². The van der Waals surface area contributed by atoms with E-state index in [1.165, 1.54) is 4.90 Å². The number of nitrogens with one attached hydrogen (secondary N) is 1. The van der Waals surface area contributed by atoms with Gasteiger partial charge in [0.25, 0.3) is 11.8 Å². The molecule has 6 nitrogen and oxygen atoms in total. The second-order valence-electron chi connectivity index (χ2n) is 7.65. The van der Waals surface area contributed by atoms with Gasteiger partial charge in [0, 0.05) is 17.6 Å². The Hall–Kier alpha value is -3.58. The number of hydrogen-bond donors (Lipinski definition) is 1. The molecule has 3 aromatic rings. The Balaban J connectivity index is 1.78. The van der Waals surface area contributed by atoms with Crippen molar-refractivity contribution in [2.45, 2.75) is 27.7 Å². The molecule has 1 saturated heterocycles. The van der Waals surface area contributed by atoms with Gasteiger partial charge in [-0.15, -0.1) is 0 Å². The smallest absolute Gasteiger partial charge is 0.270 e. The predicted molar refractivity (Wildman–Crippen MR) is 125 cm³/mol. The molecule has 1 fully saturated rings. The molecule has 3 heterocycles. The van der Waals surface area contributed by atoms with Crippen molar-refractivity contribution in [3.05, 3.63) is 82.3 Å². The summed E-state index contributed by atoms with van der Waals surface area (Å²) in [6.07, 6.45) is 3.35. The largest absolute Gasteiger partial charge is 0.303 e. The van der Waals surface area contributed by atoms with Gasteiger partial charge in [0.1, 0.15) is 11.4 Å². The van der Waals surface area contributed by atoms with Gasteiger partial charge in [-0.25, -0.2) is 4.98 Å². The van der Waals surface area contributed by atoms with Crippen LogP contribution in [0, 0.1) is 27.7 Å². The van der Waals surface area contributed by atoms with Crippen molar-refractivity contribution in [3.63, 3.8) is 0 Å². The molecule has 2 aromatic heterocycles. The van der Waals surface area contributed by atoms with Gasteiger partial charge in [0.15, 0.2) is 5.11 Å². The molecule has 0 atom stereocenters. The summed E-state index contributed by atoms with van der Waals surface area (Å²) in [5.74, 6) is -0.167. The molecular weight excluding hydrogens is 408 g/mol. The summed E-state index contributed by atoms with van der Waals surface area (Å²) in [6.45, 7) is 7.81. The molecular formula is C24H22N4O2S. The van der Waals surface area contributed by atoms with Crippen LogP contribution in [-0.2, 0) is 9.59 Å². The van der Waals surface area contributed by atoms with Crippen LogP contribution in [0.1, 0.15) is 28.1 Å². The predicted octanol–water partition coefficient (Wildman–Crippen LogP) is 3.94. The van der Waals surface area contributed by atoms with Gasteiger partial charge in [-0.05, 0) is 93.0 Å². The number of hydrogen-bond acceptors (Lipinski definition) is 4. The molecule has 0 unspecified atom stereocenters. The van der Waals surface area contributed by atoms with Gasteiger partial charge in [0.2, 0.25) is 0 Å². The summed E-state index contributed by atoms with van der Waals surface area (Å²) >= 11 is 5.32. The molecule has 0 saturated carbocycles. The molecule has 1 N–H and O–H groups in total. The van der Waals surface area contributed by atoms with Crippen molar-refractivity contribution in [2.75, 3.05) is 4.90 Å². The van der Waals surface area contributed by atoms with E-state index >= 15 is 0 Å². The van der Waals surface area contributed by atoms with Gasteiger partial charge in [-0.3, -0.25) is 19.8 Å². The number of thiocarbonyl (C=S) groups is 1. The maximum atomic E-state index is 13.3. The lowest BCUT2D eigenvalue weighted by Crippen LogP contribution is -2.54. The van der Waals surface area contributed by atoms with Crippen molar-refractivity contribution in [1.82, 2.24) is 14.9 Å². The minimum Gasteiger partial charge on any atom is -0.303 e. The van der Waals surface area contributed by atoms with E-state index in [0.717, 1.165) is 33.9 Å². The van der Waals surface area contributed by atoms with Crippen molar-refractivity contribution in [1.29, 1.82) is 0 Å². The Morgan fingerprint density at radius 1 is 1.00 bits per heavy atom. The van der Waals surface area contributed by atoms with Crippen LogP contribution in [0.2, 0.25) is 0 Å². The number of nitrogens with zero attached hydrogens (tertiary/aromatic N) is 3. The highest BCUT2D eigenvalue weighted by Crippen LogP contribution is 2.26. The maximum Gasteiger partial charge on any atom is 0.270 e. The Morgan fingerprint density at radius 2 is 1.71 bits per heavy atom. The van der Waals surface area contributed by atoms with E-state index < -0.39 is 11.8 Å². The summed E-state index contributed by atoms with van der Waals surface area (Å²) in [4.78, 5) is 31.8. The number of benzene rings is 1. The first-order valence-electron chi connectivity index (χ1n) is 9.86. The van der Waals surface area contributed by atoms with E-state index in [1.807, 2.05) is 74.7 Å². The van der Waals surface area contributed by atoms with E-state index in [4.69, 9.17) is 12.2 Å². The highest BCUT2D eigenvalue weighted by molar-refractivity contribution is 7.80. The highest BCUT2D eigenvalue weighted by atomic mass is 32.1. The van der Waals surface area contributed by atoms with Crippen molar-refractivity contribution in [2.24, 2.45) is 0 Å². The molecule has 0 radical (unpaired) electrons. The van der Waals surface area contributed by atoms with Crippen LogP contribution in [-0.4, -0.2) is 26.5 Å². The summed E-state index contributed by atoms with van der Waals surface area (Å²) in [6, 6.07) is 13.4. The van der Waals surface area contributed by atoms with E-state index in [9.17, 15) is 9.59 Å². The summed E-state index contributed by atoms with van der Waals surface area (Å²) < 4.78 is 1.99. The summed E-state index contributed by atoms with van der Waals surface area (Å²) in [5.41, 5.74) is 5.30. The highest BCUT2D eigenvalue weighted by Gasteiger charge is 2.35. The Bertz CT molecular complexity index is 1240. The summed E-state index contributed by atoms with van der Waals surface area (Å²) in [7, 11) is 0. The van der Waals surface area contributed by atoms with Gasteiger partial charge in [-0.1, -0.05) is 12.1 Å². The third kappa shape index (κ3) is 3.80. The first kappa shape index (κ1) is 20.7. The van der Waals surface area contributed by atoms with Gasteiger partial charge in [-0.2, -0.15) is 0 Å². The average molecular weight is 431 g/mol. The topological polar surface area (TPSA) is 67.2 Å². The number of amides is 2. The zero-order valence-electron chi connectivity index (χ0n) is 17.8. The molecule has 1 aliphatic rings. The SMILES string of the molecule is Cc1cc(C)cc(N2C(=O)/C(=C/c3cc(C)n(-c4ccccn4)c3C)C(=O)NC2=S)c1. The van der Waals surface area contributed by atoms with Crippen LogP contribution in [0.15, 0.2) is 54.2 Å². The minimum absolute atomic E-state index is 0.0361. The molecule has 31 heavy (non-hydrogen) atoms. The fraction of sp³-hybridized carbons (Fsp3) is 0.167. The van der Waals surface area contributed by atoms with Crippen molar-refractivity contribution >= 4 is 40.9 Å². The second-order valence-corrected chi connectivity index (χ2v) is 8.04. The first-order valence-corrected chi connectivity index (χ1v) is 10.3. The number of carbonyl (C=O) groups is 2. The molecule has 156 valence electrons. The number of aryl methyl sites for hydroxylation is 3. The molecule has 2 amide bonds. The molecule has 1 aromatic carbocycles. The van der Waals surface area contributed by atoms with Crippen molar-refractivity contribution < 1.29 is 9.59 Å². The molecule has 4 rings (SSSR count). The molecule has 0 aliphatic carbocycles. The molecule has 0 bridgehead atoms. The standard InChI is InChI=1S/C24H22N4O2S/c1-14-9-15(2)11-19(10-14)28-23(30)20(22(29)26-24(28)31)13-18-12-16(3)27(17(18)4)21-7-5-6-8-25-21/h5-13H,1-4H3,(H,26,29,31)/b20-13+. The van der Waals surface area contributed by atoms with Crippen molar-refractivity contribution in [3.8, 4) is 5.82 Å². The van der Waals surface area contributed by atoms with Crippen LogP contribution in [0.4, 0.5) is 5.69 Å². The Labute approximate surface area is 186 Å². The number of anilines is 1. The van der Waals surface area contributed by atoms with Gasteiger partial charge in [0.05, 0.1) is 5.69 Å². The quantitative estimate of drug-likeness (QED) is 0.388. The lowest BCUT2D eigenvalue weighted by molar-refractivity contribution is -0.122. The van der Waals surface area contributed by atoms with Gasteiger partial charge >= 0.3 is 0 Å². The number of rotatable bonds is 3. The average Bonchev–Trinajstić information content (AvgIpc) is 2.98. The molecule has 1 aliphatic heterocycles. The van der Waals surface area contributed by atoms with E-state index in [2.05, 4.69) is 10.3 Å². The third-order valence-electron chi connectivity index (χ3n) is 5.21. The van der Waals surface area contributed by atoms with Gasteiger partial charge < -0.3 is 4.57 Å². The fourth-order valence-corrected chi connectivity index (χ4v) is 4.18. The fourth-order valence-electron chi connectivity index (χ4n) is 3.90. The number of pyridine rings is 1. The lowest BCUT2D eigenvalue weighted by Gasteiger charge is -2.29. The van der Waals surface area contributed by atoms with E-state index in [0.29, 0.717) is 5.69 Å². The van der Waals surface area contributed by atoms with Crippen LogP contribution in [0.5, 0.6) is 0 Å². The monoisotopic (exact) mass is 430 g/mol. The lowest BCUT2D eigenvalue weighted by atomic mass is 10.1. The first-order chi connectivity index (χ1) is 14.8. The maximum absolute atomic E-state index is 13.3. The normalized spacial score (nSPS) is 15.5. The number of carbonyl (C=O) groups excluding carboxylic acids is 2. The molecule has 0 spiro atoms. The summed E-state index contributed by atoms with van der Waals surface area (Å²) in [5, 5.41) is 2.73. The van der Waals surface area contributed by atoms with E-state index in [1.54, 1.807) is 12.3 Å². The minimum atomic E-state index is -0.502. The Morgan fingerprint density at radius 3 is 2.35 bits per heavy atom. The zero-order valence-corrected chi connectivity index (χ0v) is 18.6.